The minimum absolute atomic E-state index is 0.117. The summed E-state index contributed by atoms with van der Waals surface area (Å²) in [6.07, 6.45) is 1.95. The fraction of sp³-hybridized carbons (Fsp3) is 0.0984. The molecule has 2 aliphatic carbocycles. The first-order valence-corrected chi connectivity index (χ1v) is 22.4. The normalized spacial score (nSPS) is 14.6. The summed E-state index contributed by atoms with van der Waals surface area (Å²) in [5, 5.41) is 2.61. The van der Waals surface area contributed by atoms with Crippen molar-refractivity contribution < 1.29 is 0 Å². The summed E-state index contributed by atoms with van der Waals surface area (Å²) < 4.78 is 0. The molecule has 0 N–H and O–H groups in total. The molecule has 0 radical (unpaired) electrons. The molecule has 10 aromatic rings. The van der Waals surface area contributed by atoms with Crippen molar-refractivity contribution in [3.8, 4) is 78.7 Å². The lowest BCUT2D eigenvalue weighted by Crippen LogP contribution is -2.16. The van der Waals surface area contributed by atoms with Gasteiger partial charge in [-0.25, -0.2) is 15.0 Å². The maximum atomic E-state index is 5.31. The maximum absolute atomic E-state index is 5.31. The average Bonchev–Trinajstić information content (AvgIpc) is 3.47. The Labute approximate surface area is 374 Å². The number of hydrogen-bond donors (Lipinski definition) is 0. The number of hydrogen-bond acceptors (Lipinski definition) is 3. The monoisotopic (exact) mass is 819 g/mol. The number of rotatable bonds is 6. The van der Waals surface area contributed by atoms with E-state index in [2.05, 4.69) is 196 Å². The molecule has 1 aromatic heterocycles. The number of aryl methyl sites for hydroxylation is 1. The topological polar surface area (TPSA) is 38.7 Å². The highest BCUT2D eigenvalue weighted by molar-refractivity contribution is 6.03. The van der Waals surface area contributed by atoms with Gasteiger partial charge in [-0.15, -0.1) is 0 Å². The van der Waals surface area contributed by atoms with Crippen LogP contribution < -0.4 is 0 Å². The Morgan fingerprint density at radius 2 is 0.953 bits per heavy atom. The Hall–Kier alpha value is -7.75. The van der Waals surface area contributed by atoms with Gasteiger partial charge in [0.05, 0.1) is 0 Å². The Kier molecular flexibility index (Phi) is 9.05. The first kappa shape index (κ1) is 38.0. The fourth-order valence-electron chi connectivity index (χ4n) is 10.5. The van der Waals surface area contributed by atoms with E-state index in [0.29, 0.717) is 17.5 Å². The predicted molar refractivity (Wildman–Crippen MR) is 264 cm³/mol. The lowest BCUT2D eigenvalue weighted by Gasteiger charge is -2.26. The summed E-state index contributed by atoms with van der Waals surface area (Å²) in [5.74, 6) is 2.08. The molecule has 3 heteroatoms. The molecule has 0 bridgehead atoms. The Morgan fingerprint density at radius 1 is 0.406 bits per heavy atom. The molecule has 0 amide bonds. The van der Waals surface area contributed by atoms with Crippen LogP contribution in [0.5, 0.6) is 0 Å². The smallest absolute Gasteiger partial charge is 0.164 e. The number of fused-ring (bicyclic) bond motifs is 8. The zero-order valence-corrected chi connectivity index (χ0v) is 36.0. The van der Waals surface area contributed by atoms with Crippen LogP contribution in [0, 0.1) is 0 Å². The molecule has 1 unspecified atom stereocenters. The van der Waals surface area contributed by atoms with Gasteiger partial charge in [-0.05, 0) is 114 Å². The van der Waals surface area contributed by atoms with Crippen LogP contribution in [0.15, 0.2) is 206 Å². The summed E-state index contributed by atoms with van der Waals surface area (Å²) in [7, 11) is 0. The van der Waals surface area contributed by atoms with Crippen molar-refractivity contribution in [2.75, 3.05) is 0 Å². The summed E-state index contributed by atoms with van der Waals surface area (Å²) in [4.78, 5) is 15.7. The van der Waals surface area contributed by atoms with Gasteiger partial charge in [-0.3, -0.25) is 0 Å². The van der Waals surface area contributed by atoms with E-state index in [1.54, 1.807) is 0 Å². The Balaban J connectivity index is 1.06. The third-order valence-corrected chi connectivity index (χ3v) is 13.8. The predicted octanol–water partition coefficient (Wildman–Crippen LogP) is 15.4. The van der Waals surface area contributed by atoms with Crippen molar-refractivity contribution in [3.05, 3.63) is 234 Å². The van der Waals surface area contributed by atoms with E-state index in [1.807, 2.05) is 24.3 Å². The minimum atomic E-state index is -0.161. The van der Waals surface area contributed by atoms with E-state index >= 15 is 0 Å². The van der Waals surface area contributed by atoms with Crippen molar-refractivity contribution in [3.63, 3.8) is 0 Å². The van der Waals surface area contributed by atoms with Crippen LogP contribution in [0.4, 0.5) is 0 Å². The van der Waals surface area contributed by atoms with Gasteiger partial charge in [0.25, 0.3) is 0 Å². The van der Waals surface area contributed by atoms with Crippen LogP contribution in [0.25, 0.3) is 89.4 Å². The molecule has 1 atom stereocenters. The Morgan fingerprint density at radius 3 is 1.67 bits per heavy atom. The van der Waals surface area contributed by atoms with Crippen LogP contribution in [0.3, 0.4) is 0 Å². The van der Waals surface area contributed by atoms with E-state index in [4.69, 9.17) is 15.0 Å². The molecule has 0 aliphatic heterocycles. The van der Waals surface area contributed by atoms with Gasteiger partial charge in [-0.2, -0.15) is 0 Å². The van der Waals surface area contributed by atoms with Gasteiger partial charge < -0.3 is 0 Å². The van der Waals surface area contributed by atoms with Crippen molar-refractivity contribution in [2.24, 2.45) is 0 Å². The molecule has 0 saturated carbocycles. The highest BCUT2D eigenvalue weighted by Gasteiger charge is 2.39. The van der Waals surface area contributed by atoms with E-state index in [0.717, 1.165) is 46.2 Å². The second kappa shape index (κ2) is 15.3. The van der Waals surface area contributed by atoms with Gasteiger partial charge >= 0.3 is 0 Å². The summed E-state index contributed by atoms with van der Waals surface area (Å²) in [6.45, 7) is 4.81. The highest BCUT2D eigenvalue weighted by Crippen LogP contribution is 2.55. The number of nitrogens with zero attached hydrogens (tertiary/aromatic N) is 3. The molecule has 304 valence electrons. The first-order chi connectivity index (χ1) is 31.5. The molecule has 64 heavy (non-hydrogen) atoms. The summed E-state index contributed by atoms with van der Waals surface area (Å²) in [5.41, 5.74) is 19.6. The van der Waals surface area contributed by atoms with Crippen LogP contribution in [-0.4, -0.2) is 15.0 Å². The molecular formula is C61H45N3. The quantitative estimate of drug-likeness (QED) is 0.168. The second-order valence-electron chi connectivity index (χ2n) is 17.9. The maximum Gasteiger partial charge on any atom is 0.164 e. The summed E-state index contributed by atoms with van der Waals surface area (Å²) in [6, 6.07) is 74.9. The Bertz CT molecular complexity index is 3390. The molecule has 0 saturated heterocycles. The standard InChI is InChI=1S/C61H45N3/c1-61(2)55-33-31-43-21-13-15-25-51(43)57(55)54-37-52-49-24-14-12-20-42(49)30-32-50(53(52)38-56(54)61)47-34-46(40-18-8-4-9-19-40)35-48(36-47)60-63-58(44-22-10-5-11-23-44)62-59(64-60)45-28-26-41(27-29-45)39-16-6-3-7-17-39/h3-29,31,33-38,50H,30,32H2,1-2H3. The van der Waals surface area contributed by atoms with Gasteiger partial charge in [0.2, 0.25) is 0 Å². The average molecular weight is 820 g/mol. The minimum Gasteiger partial charge on any atom is -0.208 e. The van der Waals surface area contributed by atoms with Crippen molar-refractivity contribution >= 4 is 10.8 Å². The van der Waals surface area contributed by atoms with Crippen molar-refractivity contribution in [1.29, 1.82) is 0 Å². The number of aromatic nitrogens is 3. The molecular weight excluding hydrogens is 775 g/mol. The van der Waals surface area contributed by atoms with E-state index in [1.165, 1.54) is 66.4 Å². The third kappa shape index (κ3) is 6.47. The molecule has 12 rings (SSSR count). The molecule has 2 aliphatic rings. The summed E-state index contributed by atoms with van der Waals surface area (Å²) >= 11 is 0. The van der Waals surface area contributed by atoms with E-state index < -0.39 is 0 Å². The van der Waals surface area contributed by atoms with Crippen LogP contribution >= 0.6 is 0 Å². The lowest BCUT2D eigenvalue weighted by molar-refractivity contribution is 0.656. The van der Waals surface area contributed by atoms with Gasteiger partial charge in [0.15, 0.2) is 17.5 Å². The van der Waals surface area contributed by atoms with Gasteiger partial charge in [-0.1, -0.05) is 202 Å². The molecule has 0 spiro atoms. The molecule has 0 fully saturated rings. The van der Waals surface area contributed by atoms with Gasteiger partial charge in [0, 0.05) is 28.0 Å². The lowest BCUT2D eigenvalue weighted by atomic mass is 9.78. The van der Waals surface area contributed by atoms with Gasteiger partial charge in [0.1, 0.15) is 0 Å². The fourth-order valence-corrected chi connectivity index (χ4v) is 10.5. The van der Waals surface area contributed by atoms with E-state index in [9.17, 15) is 0 Å². The third-order valence-electron chi connectivity index (χ3n) is 13.8. The van der Waals surface area contributed by atoms with Crippen molar-refractivity contribution in [2.45, 2.75) is 38.0 Å². The zero-order chi connectivity index (χ0) is 42.8. The van der Waals surface area contributed by atoms with Crippen molar-refractivity contribution in [1.82, 2.24) is 15.0 Å². The molecule has 1 heterocycles. The SMILES string of the molecule is CC1(C)c2cc3c(cc2-c2c1ccc1ccccc21)-c1ccccc1CCC3c1cc(-c2ccccc2)cc(-c2nc(-c3ccccc3)nc(-c3ccc(-c4ccccc4)cc3)n2)c1. The second-order valence-corrected chi connectivity index (χ2v) is 17.9. The van der Waals surface area contributed by atoms with Crippen LogP contribution in [0.2, 0.25) is 0 Å². The van der Waals surface area contributed by atoms with Crippen LogP contribution in [0.1, 0.15) is 54.0 Å². The highest BCUT2D eigenvalue weighted by atomic mass is 15.0. The zero-order valence-electron chi connectivity index (χ0n) is 36.0. The largest absolute Gasteiger partial charge is 0.208 e. The first-order valence-electron chi connectivity index (χ1n) is 22.4. The van der Waals surface area contributed by atoms with E-state index in [-0.39, 0.29) is 11.3 Å². The van der Waals surface area contributed by atoms with Crippen LogP contribution in [-0.2, 0) is 11.8 Å². The molecule has 3 nitrogen and oxygen atoms in total. The molecule has 9 aromatic carbocycles. The number of benzene rings is 9.